The fourth-order valence-electron chi connectivity index (χ4n) is 1.80. The summed E-state index contributed by atoms with van der Waals surface area (Å²) in [5.74, 6) is 0.982. The molecule has 3 aromatic rings. The molecule has 17 heavy (non-hydrogen) atoms. The van der Waals surface area contributed by atoms with E-state index in [0.717, 1.165) is 17.8 Å². The molecule has 0 atom stereocenters. The van der Waals surface area contributed by atoms with E-state index in [4.69, 9.17) is 5.73 Å². The number of nitrogens with one attached hydrogen (secondary N) is 1. The zero-order valence-electron chi connectivity index (χ0n) is 9.25. The highest BCUT2D eigenvalue weighted by Gasteiger charge is 2.14. The molecule has 86 valence electrons. The van der Waals surface area contributed by atoms with Crippen LogP contribution in [0.3, 0.4) is 0 Å². The number of hydrogen-bond donors (Lipinski definition) is 2. The molecule has 0 unspecified atom stereocenters. The molecule has 0 fully saturated rings. The van der Waals surface area contributed by atoms with Gasteiger partial charge in [0, 0.05) is 18.9 Å². The van der Waals surface area contributed by atoms with Crippen LogP contribution in [0.4, 0.5) is 5.95 Å². The second-order valence-corrected chi connectivity index (χ2v) is 3.60. The molecule has 3 aromatic heterocycles. The number of nitrogen functional groups attached to an aromatic ring is 1. The van der Waals surface area contributed by atoms with Crippen LogP contribution in [0.15, 0.2) is 18.6 Å². The van der Waals surface area contributed by atoms with Gasteiger partial charge in [0.2, 0.25) is 5.95 Å². The van der Waals surface area contributed by atoms with Crippen molar-refractivity contribution < 1.29 is 0 Å². The van der Waals surface area contributed by atoms with Crippen LogP contribution in [0.1, 0.15) is 6.92 Å². The zero-order chi connectivity index (χ0) is 11.8. The number of H-pyrrole nitrogens is 1. The van der Waals surface area contributed by atoms with E-state index in [-0.39, 0.29) is 5.95 Å². The molecule has 3 rings (SSSR count). The second-order valence-electron chi connectivity index (χ2n) is 3.60. The Morgan fingerprint density at radius 1 is 1.41 bits per heavy atom. The Kier molecular flexibility index (Phi) is 2.04. The highest BCUT2D eigenvalue weighted by atomic mass is 15.2. The third kappa shape index (κ3) is 1.43. The highest BCUT2D eigenvalue weighted by Crippen LogP contribution is 2.23. The lowest BCUT2D eigenvalue weighted by atomic mass is 10.3. The summed E-state index contributed by atoms with van der Waals surface area (Å²) in [6, 6.07) is 0. The molecule has 7 nitrogen and oxygen atoms in total. The normalized spacial score (nSPS) is 11.1. The van der Waals surface area contributed by atoms with Gasteiger partial charge in [-0.1, -0.05) is 0 Å². The molecule has 0 amide bonds. The standard InChI is InChI=1S/C10H11N7/c1-2-17-4-3-12-9(17)7-6-5-13-16-8(6)15-10(11)14-7/h3-5H,2H2,1H3,(H3,11,13,14,15,16). The van der Waals surface area contributed by atoms with Crippen LogP contribution in [0.2, 0.25) is 0 Å². The predicted octanol–water partition coefficient (Wildman–Crippen LogP) is 0.818. The van der Waals surface area contributed by atoms with Gasteiger partial charge in [-0.05, 0) is 6.92 Å². The quantitative estimate of drug-likeness (QED) is 0.677. The van der Waals surface area contributed by atoms with Crippen molar-refractivity contribution in [2.24, 2.45) is 0 Å². The third-order valence-corrected chi connectivity index (χ3v) is 2.60. The molecule has 0 aliphatic carbocycles. The first kappa shape index (κ1) is 9.76. The van der Waals surface area contributed by atoms with Crippen molar-refractivity contribution >= 4 is 17.0 Å². The molecular formula is C10H11N7. The van der Waals surface area contributed by atoms with Gasteiger partial charge in [0.05, 0.1) is 11.6 Å². The number of imidazole rings is 1. The maximum atomic E-state index is 5.67. The molecule has 0 saturated heterocycles. The van der Waals surface area contributed by atoms with Gasteiger partial charge in [0.25, 0.3) is 0 Å². The van der Waals surface area contributed by atoms with E-state index in [9.17, 15) is 0 Å². The van der Waals surface area contributed by atoms with Crippen molar-refractivity contribution in [2.75, 3.05) is 5.73 Å². The van der Waals surface area contributed by atoms with Crippen molar-refractivity contribution in [1.82, 2.24) is 29.7 Å². The Balaban J connectivity index is 2.32. The van der Waals surface area contributed by atoms with Crippen molar-refractivity contribution in [3.8, 4) is 11.5 Å². The molecule has 7 heteroatoms. The molecule has 0 aliphatic heterocycles. The summed E-state index contributed by atoms with van der Waals surface area (Å²) in [5.41, 5.74) is 7.00. The van der Waals surface area contributed by atoms with Crippen LogP contribution in [-0.2, 0) is 6.54 Å². The number of rotatable bonds is 2. The van der Waals surface area contributed by atoms with E-state index in [0.29, 0.717) is 11.3 Å². The Labute approximate surface area is 96.7 Å². The summed E-state index contributed by atoms with van der Waals surface area (Å²) in [7, 11) is 0. The van der Waals surface area contributed by atoms with Crippen molar-refractivity contribution in [3.63, 3.8) is 0 Å². The second kappa shape index (κ2) is 3.55. The average Bonchev–Trinajstić information content (AvgIpc) is 2.95. The first-order chi connectivity index (χ1) is 8.29. The largest absolute Gasteiger partial charge is 0.368 e. The lowest BCUT2D eigenvalue weighted by molar-refractivity contribution is 0.768. The zero-order valence-corrected chi connectivity index (χ0v) is 9.25. The fourth-order valence-corrected chi connectivity index (χ4v) is 1.80. The lowest BCUT2D eigenvalue weighted by Crippen LogP contribution is -2.02. The van der Waals surface area contributed by atoms with Crippen LogP contribution >= 0.6 is 0 Å². The molecule has 0 saturated carbocycles. The summed E-state index contributed by atoms with van der Waals surface area (Å²) in [5, 5.41) is 7.55. The van der Waals surface area contributed by atoms with Crippen molar-refractivity contribution in [2.45, 2.75) is 13.5 Å². The number of aryl methyl sites for hydroxylation is 1. The van der Waals surface area contributed by atoms with Crippen molar-refractivity contribution in [1.29, 1.82) is 0 Å². The van der Waals surface area contributed by atoms with Gasteiger partial charge in [-0.15, -0.1) is 0 Å². The summed E-state index contributed by atoms with van der Waals surface area (Å²) < 4.78 is 1.99. The molecule has 3 N–H and O–H groups in total. The van der Waals surface area contributed by atoms with Crippen LogP contribution in [-0.4, -0.2) is 29.7 Å². The van der Waals surface area contributed by atoms with Gasteiger partial charge in [-0.2, -0.15) is 10.1 Å². The minimum Gasteiger partial charge on any atom is -0.368 e. The van der Waals surface area contributed by atoms with Crippen LogP contribution < -0.4 is 5.73 Å². The first-order valence-corrected chi connectivity index (χ1v) is 5.27. The van der Waals surface area contributed by atoms with E-state index in [2.05, 4.69) is 25.1 Å². The maximum absolute atomic E-state index is 5.67. The minimum absolute atomic E-state index is 0.211. The molecule has 0 aromatic carbocycles. The molecule has 0 radical (unpaired) electrons. The van der Waals surface area contributed by atoms with E-state index in [1.807, 2.05) is 17.7 Å². The predicted molar refractivity (Wildman–Crippen MR) is 63.0 cm³/mol. The maximum Gasteiger partial charge on any atom is 0.222 e. The van der Waals surface area contributed by atoms with Gasteiger partial charge in [-0.25, -0.2) is 9.97 Å². The molecule has 3 heterocycles. The topological polar surface area (TPSA) is 98.3 Å². The van der Waals surface area contributed by atoms with Crippen LogP contribution in [0.5, 0.6) is 0 Å². The molecular weight excluding hydrogens is 218 g/mol. The fraction of sp³-hybridized carbons (Fsp3) is 0.200. The highest BCUT2D eigenvalue weighted by molar-refractivity contribution is 5.88. The van der Waals surface area contributed by atoms with E-state index in [1.165, 1.54) is 0 Å². The van der Waals surface area contributed by atoms with Crippen LogP contribution in [0, 0.1) is 0 Å². The number of fused-ring (bicyclic) bond motifs is 1. The number of hydrogen-bond acceptors (Lipinski definition) is 5. The average molecular weight is 229 g/mol. The monoisotopic (exact) mass is 229 g/mol. The molecule has 0 spiro atoms. The summed E-state index contributed by atoms with van der Waals surface area (Å²) in [6.07, 6.45) is 5.32. The number of nitrogens with two attached hydrogens (primary N) is 1. The first-order valence-electron chi connectivity index (χ1n) is 5.27. The minimum atomic E-state index is 0.211. The number of nitrogens with zero attached hydrogens (tertiary/aromatic N) is 5. The van der Waals surface area contributed by atoms with Gasteiger partial charge in [-0.3, -0.25) is 5.10 Å². The molecule has 0 bridgehead atoms. The van der Waals surface area contributed by atoms with E-state index < -0.39 is 0 Å². The third-order valence-electron chi connectivity index (χ3n) is 2.60. The summed E-state index contributed by atoms with van der Waals surface area (Å²) in [4.78, 5) is 12.6. The Morgan fingerprint density at radius 2 is 2.29 bits per heavy atom. The number of anilines is 1. The smallest absolute Gasteiger partial charge is 0.222 e. The number of aromatic amines is 1. The Hall–Kier alpha value is -2.44. The van der Waals surface area contributed by atoms with Crippen LogP contribution in [0.25, 0.3) is 22.6 Å². The van der Waals surface area contributed by atoms with Crippen molar-refractivity contribution in [3.05, 3.63) is 18.6 Å². The summed E-state index contributed by atoms with van der Waals surface area (Å²) in [6.45, 7) is 2.86. The van der Waals surface area contributed by atoms with Gasteiger partial charge < -0.3 is 10.3 Å². The summed E-state index contributed by atoms with van der Waals surface area (Å²) >= 11 is 0. The Morgan fingerprint density at radius 3 is 3.12 bits per heavy atom. The van der Waals surface area contributed by atoms with Gasteiger partial charge in [0.1, 0.15) is 5.69 Å². The van der Waals surface area contributed by atoms with Gasteiger partial charge in [0.15, 0.2) is 11.5 Å². The van der Waals surface area contributed by atoms with E-state index in [1.54, 1.807) is 12.4 Å². The SMILES string of the molecule is CCn1ccnc1-c1nc(N)nc2[nH]ncc12. The lowest BCUT2D eigenvalue weighted by Gasteiger charge is -2.05. The van der Waals surface area contributed by atoms with E-state index >= 15 is 0 Å². The number of aromatic nitrogens is 6. The van der Waals surface area contributed by atoms with Gasteiger partial charge >= 0.3 is 0 Å². The molecule has 0 aliphatic rings. The Bertz CT molecular complexity index is 666.